The van der Waals surface area contributed by atoms with Crippen molar-refractivity contribution in [2.75, 3.05) is 19.6 Å². The van der Waals surface area contributed by atoms with Crippen LogP contribution in [0, 0.1) is 0 Å². The normalized spacial score (nSPS) is 17.6. The summed E-state index contributed by atoms with van der Waals surface area (Å²) in [6.07, 6.45) is 6.13. The number of unbranched alkanes of at least 4 members (excludes halogenated alkanes) is 1. The first-order valence-electron chi connectivity index (χ1n) is 9.88. The van der Waals surface area contributed by atoms with Crippen LogP contribution in [0.25, 0.3) is 0 Å². The minimum absolute atomic E-state index is 0.0323. The Morgan fingerprint density at radius 2 is 2.33 bits per heavy atom. The van der Waals surface area contributed by atoms with E-state index in [1.54, 1.807) is 22.9 Å². The number of hydrogen-bond acceptors (Lipinski definition) is 5. The van der Waals surface area contributed by atoms with Gasteiger partial charge in [-0.1, -0.05) is 25.8 Å². The predicted molar refractivity (Wildman–Crippen MR) is 109 cm³/mol. The van der Waals surface area contributed by atoms with E-state index < -0.39 is 0 Å². The molecule has 1 N–H and O–H groups in total. The maximum Gasteiger partial charge on any atom is 0.251 e. The van der Waals surface area contributed by atoms with E-state index in [-0.39, 0.29) is 5.91 Å². The van der Waals surface area contributed by atoms with Crippen molar-refractivity contribution in [3.63, 3.8) is 0 Å². The Hall–Kier alpha value is -1.92. The van der Waals surface area contributed by atoms with Gasteiger partial charge in [-0.25, -0.2) is 4.98 Å². The number of carbonyl (C=O) groups excluding carboxylic acids is 1. The summed E-state index contributed by atoms with van der Waals surface area (Å²) in [5.41, 5.74) is 3.33. The summed E-state index contributed by atoms with van der Waals surface area (Å²) in [6, 6.07) is 7.83. The Balaban J connectivity index is 1.51. The third-order valence-electron chi connectivity index (χ3n) is 5.01. The highest BCUT2D eigenvalue weighted by Crippen LogP contribution is 2.18. The van der Waals surface area contributed by atoms with Crippen LogP contribution in [0.15, 0.2) is 35.2 Å². The van der Waals surface area contributed by atoms with E-state index in [0.29, 0.717) is 30.5 Å². The summed E-state index contributed by atoms with van der Waals surface area (Å²) in [7, 11) is 0. The largest absolute Gasteiger partial charge is 0.487 e. The molecule has 2 heterocycles. The first-order chi connectivity index (χ1) is 13.3. The highest BCUT2D eigenvalue weighted by Gasteiger charge is 2.22. The lowest BCUT2D eigenvalue weighted by Crippen LogP contribution is -2.47. The predicted octanol–water partition coefficient (Wildman–Crippen LogP) is 4.11. The van der Waals surface area contributed by atoms with Gasteiger partial charge in [-0.15, -0.1) is 11.3 Å². The standard InChI is InChI=1S/C21H29N3O2S/c1-2-3-10-24-11-5-4-8-19(24)13-22-21(25)17-7-6-9-20(12-17)26-14-18-15-27-16-23-18/h6-7,9,12,15-16,19H,2-5,8,10-11,13-14H2,1H3,(H,22,25). The number of hydrogen-bond donors (Lipinski definition) is 1. The molecule has 1 aliphatic rings. The van der Waals surface area contributed by atoms with Gasteiger partial charge in [0.05, 0.1) is 11.2 Å². The van der Waals surface area contributed by atoms with Gasteiger partial charge in [0.25, 0.3) is 5.91 Å². The van der Waals surface area contributed by atoms with Crippen molar-refractivity contribution in [3.05, 3.63) is 46.4 Å². The molecule has 0 spiro atoms. The summed E-state index contributed by atoms with van der Waals surface area (Å²) in [5, 5.41) is 5.09. The van der Waals surface area contributed by atoms with Crippen LogP contribution in [0.4, 0.5) is 0 Å². The van der Waals surface area contributed by atoms with Gasteiger partial charge < -0.3 is 10.1 Å². The number of rotatable bonds is 9. The molecule has 1 amide bonds. The molecule has 1 saturated heterocycles. The molecule has 0 saturated carbocycles. The molecule has 1 fully saturated rings. The number of nitrogens with zero attached hydrogens (tertiary/aromatic N) is 2. The van der Waals surface area contributed by atoms with Crippen molar-refractivity contribution >= 4 is 17.2 Å². The van der Waals surface area contributed by atoms with Gasteiger partial charge in [0.15, 0.2) is 0 Å². The lowest BCUT2D eigenvalue weighted by Gasteiger charge is -2.35. The number of ether oxygens (including phenoxy) is 1. The summed E-state index contributed by atoms with van der Waals surface area (Å²) in [5.74, 6) is 0.660. The molecule has 1 aliphatic heterocycles. The van der Waals surface area contributed by atoms with Crippen LogP contribution in [0.1, 0.15) is 55.1 Å². The SMILES string of the molecule is CCCCN1CCCCC1CNC(=O)c1cccc(OCc2cscn2)c1. The van der Waals surface area contributed by atoms with E-state index in [0.717, 1.165) is 18.8 Å². The lowest BCUT2D eigenvalue weighted by molar-refractivity contribution is 0.0912. The van der Waals surface area contributed by atoms with Crippen molar-refractivity contribution in [1.82, 2.24) is 15.2 Å². The molecule has 2 aromatic rings. The lowest BCUT2D eigenvalue weighted by atomic mass is 10.0. The highest BCUT2D eigenvalue weighted by atomic mass is 32.1. The maximum atomic E-state index is 12.6. The Kier molecular flexibility index (Phi) is 7.66. The van der Waals surface area contributed by atoms with E-state index in [4.69, 9.17) is 4.74 Å². The van der Waals surface area contributed by atoms with Gasteiger partial charge in [-0.3, -0.25) is 9.69 Å². The number of thiazole rings is 1. The average Bonchev–Trinajstić information content (AvgIpc) is 3.23. The molecule has 6 heteroatoms. The van der Waals surface area contributed by atoms with E-state index in [1.807, 2.05) is 23.6 Å². The molecule has 5 nitrogen and oxygen atoms in total. The third kappa shape index (κ3) is 6.04. The quantitative estimate of drug-likeness (QED) is 0.704. The molecular formula is C21H29N3O2S. The van der Waals surface area contributed by atoms with Crippen molar-refractivity contribution in [3.8, 4) is 5.75 Å². The highest BCUT2D eigenvalue weighted by molar-refractivity contribution is 7.07. The van der Waals surface area contributed by atoms with Gasteiger partial charge >= 0.3 is 0 Å². The molecule has 0 radical (unpaired) electrons. The Bertz CT molecular complexity index is 705. The number of nitrogens with one attached hydrogen (secondary N) is 1. The van der Waals surface area contributed by atoms with Crippen molar-refractivity contribution in [2.45, 2.75) is 51.7 Å². The van der Waals surface area contributed by atoms with Crippen LogP contribution >= 0.6 is 11.3 Å². The first-order valence-corrected chi connectivity index (χ1v) is 10.8. The van der Waals surface area contributed by atoms with Crippen LogP contribution in [0.2, 0.25) is 0 Å². The Morgan fingerprint density at radius 1 is 1.41 bits per heavy atom. The van der Waals surface area contributed by atoms with Gasteiger partial charge in [-0.2, -0.15) is 0 Å². The molecule has 1 unspecified atom stereocenters. The minimum Gasteiger partial charge on any atom is -0.487 e. The van der Waals surface area contributed by atoms with Gasteiger partial charge in [-0.05, 0) is 50.6 Å². The molecule has 146 valence electrons. The van der Waals surface area contributed by atoms with E-state index in [1.165, 1.54) is 32.1 Å². The number of piperidine rings is 1. The fourth-order valence-corrected chi connectivity index (χ4v) is 4.00. The molecule has 0 aliphatic carbocycles. The van der Waals surface area contributed by atoms with Gasteiger partial charge in [0, 0.05) is 23.5 Å². The average molecular weight is 388 g/mol. The fraction of sp³-hybridized carbons (Fsp3) is 0.524. The summed E-state index contributed by atoms with van der Waals surface area (Å²) in [4.78, 5) is 19.3. The summed E-state index contributed by atoms with van der Waals surface area (Å²) in [6.45, 7) is 5.65. The van der Waals surface area contributed by atoms with Gasteiger partial charge in [0.1, 0.15) is 12.4 Å². The second-order valence-electron chi connectivity index (χ2n) is 7.05. The van der Waals surface area contributed by atoms with E-state index in [9.17, 15) is 4.79 Å². The number of aromatic nitrogens is 1. The minimum atomic E-state index is -0.0323. The fourth-order valence-electron chi connectivity index (χ4n) is 3.45. The number of likely N-dealkylation sites (tertiary alicyclic amines) is 1. The number of amides is 1. The zero-order valence-corrected chi connectivity index (χ0v) is 16.8. The smallest absolute Gasteiger partial charge is 0.251 e. The molecule has 1 aromatic heterocycles. The second-order valence-corrected chi connectivity index (χ2v) is 7.76. The molecule has 1 atom stereocenters. The monoisotopic (exact) mass is 387 g/mol. The Labute approximate surface area is 165 Å². The summed E-state index contributed by atoms with van der Waals surface area (Å²) >= 11 is 1.55. The van der Waals surface area contributed by atoms with E-state index >= 15 is 0 Å². The first kappa shape index (κ1) is 19.8. The zero-order chi connectivity index (χ0) is 18.9. The van der Waals surface area contributed by atoms with Gasteiger partial charge in [0.2, 0.25) is 0 Å². The zero-order valence-electron chi connectivity index (χ0n) is 16.0. The van der Waals surface area contributed by atoms with E-state index in [2.05, 4.69) is 22.1 Å². The molecule has 0 bridgehead atoms. The second kappa shape index (κ2) is 10.4. The molecule has 3 rings (SSSR count). The molecule has 27 heavy (non-hydrogen) atoms. The maximum absolute atomic E-state index is 12.6. The van der Waals surface area contributed by atoms with Crippen molar-refractivity contribution in [1.29, 1.82) is 0 Å². The van der Waals surface area contributed by atoms with Crippen LogP contribution in [0.5, 0.6) is 5.75 Å². The van der Waals surface area contributed by atoms with Crippen LogP contribution in [-0.2, 0) is 6.61 Å². The molecule has 1 aromatic carbocycles. The van der Waals surface area contributed by atoms with Crippen LogP contribution in [0.3, 0.4) is 0 Å². The topological polar surface area (TPSA) is 54.5 Å². The summed E-state index contributed by atoms with van der Waals surface area (Å²) < 4.78 is 5.75. The van der Waals surface area contributed by atoms with Crippen LogP contribution in [-0.4, -0.2) is 41.5 Å². The number of benzene rings is 1. The van der Waals surface area contributed by atoms with Crippen molar-refractivity contribution in [2.24, 2.45) is 0 Å². The Morgan fingerprint density at radius 3 is 3.15 bits per heavy atom. The van der Waals surface area contributed by atoms with Crippen molar-refractivity contribution < 1.29 is 9.53 Å². The number of carbonyl (C=O) groups is 1. The molecular weight excluding hydrogens is 358 g/mol. The van der Waals surface area contributed by atoms with Crippen LogP contribution < -0.4 is 10.1 Å². The third-order valence-corrected chi connectivity index (χ3v) is 5.65.